The molecule has 1 saturated heterocycles. The van der Waals surface area contributed by atoms with Crippen LogP contribution in [0.4, 0.5) is 4.39 Å². The molecular formula is C17H17FN4O4S. The smallest absolute Gasteiger partial charge is 0.245 e. The fourth-order valence-electron chi connectivity index (χ4n) is 3.26. The molecule has 4 rings (SSSR count). The van der Waals surface area contributed by atoms with Gasteiger partial charge in [-0.3, -0.25) is 0 Å². The van der Waals surface area contributed by atoms with Gasteiger partial charge in [0.25, 0.3) is 0 Å². The maximum Gasteiger partial charge on any atom is 0.245 e. The van der Waals surface area contributed by atoms with E-state index in [0.717, 1.165) is 31.0 Å². The first-order valence-corrected chi connectivity index (χ1v) is 9.96. The molecule has 2 atom stereocenters. The topological polar surface area (TPSA) is 109 Å². The highest BCUT2D eigenvalue weighted by molar-refractivity contribution is 7.89. The first-order valence-electron chi connectivity index (χ1n) is 8.52. The number of hydrogen-bond donors (Lipinski definition) is 0. The minimum Gasteiger partial charge on any atom is -0.380 e. The summed E-state index contributed by atoms with van der Waals surface area (Å²) < 4.78 is 51.8. The first kappa shape index (κ1) is 18.0. The highest BCUT2D eigenvalue weighted by Crippen LogP contribution is 2.41. The molecular weight excluding hydrogens is 375 g/mol. The Balaban J connectivity index is 1.73. The van der Waals surface area contributed by atoms with Crippen LogP contribution in [-0.4, -0.2) is 42.6 Å². The Morgan fingerprint density at radius 2 is 2.19 bits per heavy atom. The van der Waals surface area contributed by atoms with E-state index in [1.165, 1.54) is 11.4 Å². The van der Waals surface area contributed by atoms with E-state index in [-0.39, 0.29) is 34.9 Å². The van der Waals surface area contributed by atoms with Crippen molar-refractivity contribution >= 4 is 10.0 Å². The molecule has 2 fully saturated rings. The fourth-order valence-corrected chi connectivity index (χ4v) is 5.01. The van der Waals surface area contributed by atoms with Crippen molar-refractivity contribution in [3.8, 4) is 6.07 Å². The third-order valence-electron chi connectivity index (χ3n) is 4.88. The second-order valence-corrected chi connectivity index (χ2v) is 8.56. The molecule has 8 nitrogen and oxygen atoms in total. The van der Waals surface area contributed by atoms with Crippen molar-refractivity contribution in [3.63, 3.8) is 0 Å². The normalized spacial score (nSPS) is 23.4. The molecule has 1 aliphatic heterocycles. The third kappa shape index (κ3) is 3.22. The lowest BCUT2D eigenvalue weighted by Crippen LogP contribution is -2.32. The molecule has 2 aliphatic rings. The van der Waals surface area contributed by atoms with Crippen molar-refractivity contribution in [1.29, 1.82) is 5.26 Å². The van der Waals surface area contributed by atoms with Crippen molar-refractivity contribution < 1.29 is 22.1 Å². The summed E-state index contributed by atoms with van der Waals surface area (Å²) >= 11 is 0. The molecule has 10 heteroatoms. The summed E-state index contributed by atoms with van der Waals surface area (Å²) in [5.41, 5.74) is -0.251. The van der Waals surface area contributed by atoms with E-state index in [2.05, 4.69) is 10.1 Å². The minimum atomic E-state index is -4.10. The van der Waals surface area contributed by atoms with Gasteiger partial charge in [0.2, 0.25) is 15.9 Å². The summed E-state index contributed by atoms with van der Waals surface area (Å²) in [5.74, 6) is 0.391. The predicted octanol–water partition coefficient (Wildman–Crippen LogP) is 2.11. The van der Waals surface area contributed by atoms with Crippen LogP contribution >= 0.6 is 0 Å². The number of nitrogens with zero attached hydrogens (tertiary/aromatic N) is 4. The Morgan fingerprint density at radius 3 is 2.85 bits per heavy atom. The van der Waals surface area contributed by atoms with E-state index in [4.69, 9.17) is 9.26 Å². The van der Waals surface area contributed by atoms with Crippen molar-refractivity contribution in [2.24, 2.45) is 0 Å². The van der Waals surface area contributed by atoms with E-state index in [9.17, 15) is 18.1 Å². The second kappa shape index (κ2) is 6.67. The van der Waals surface area contributed by atoms with Gasteiger partial charge in [-0.15, -0.1) is 0 Å². The molecule has 27 heavy (non-hydrogen) atoms. The molecule has 1 aromatic heterocycles. The summed E-state index contributed by atoms with van der Waals surface area (Å²) in [6, 6.07) is 4.07. The van der Waals surface area contributed by atoms with Crippen LogP contribution in [0.5, 0.6) is 0 Å². The van der Waals surface area contributed by atoms with Crippen molar-refractivity contribution in [2.75, 3.05) is 13.7 Å². The second-order valence-electron chi connectivity index (χ2n) is 6.70. The number of nitriles is 1. The van der Waals surface area contributed by atoms with Crippen LogP contribution in [0, 0.1) is 17.1 Å². The van der Waals surface area contributed by atoms with E-state index in [1.807, 2.05) is 0 Å². The van der Waals surface area contributed by atoms with Gasteiger partial charge in [0.05, 0.1) is 11.7 Å². The molecule has 0 unspecified atom stereocenters. The zero-order chi connectivity index (χ0) is 19.2. The molecule has 2 heterocycles. The molecule has 1 aliphatic carbocycles. The van der Waals surface area contributed by atoms with Crippen LogP contribution in [-0.2, 0) is 14.8 Å². The number of halogens is 1. The lowest BCUT2D eigenvalue weighted by molar-refractivity contribution is 0.114. The Labute approximate surface area is 155 Å². The highest BCUT2D eigenvalue weighted by Gasteiger charge is 2.45. The van der Waals surface area contributed by atoms with E-state index < -0.39 is 21.9 Å². The number of sulfonamides is 1. The summed E-state index contributed by atoms with van der Waals surface area (Å²) in [4.78, 5) is 4.12. The maximum absolute atomic E-state index is 13.4. The largest absolute Gasteiger partial charge is 0.380 e. The Morgan fingerprint density at radius 1 is 1.41 bits per heavy atom. The van der Waals surface area contributed by atoms with Gasteiger partial charge in [-0.1, -0.05) is 5.16 Å². The third-order valence-corrected chi connectivity index (χ3v) is 6.82. The lowest BCUT2D eigenvalue weighted by atomic mass is 10.2. The van der Waals surface area contributed by atoms with Crippen LogP contribution in [0.2, 0.25) is 0 Å². The monoisotopic (exact) mass is 392 g/mol. The average Bonchev–Trinajstić information content (AvgIpc) is 3.21. The van der Waals surface area contributed by atoms with Gasteiger partial charge in [-0.25, -0.2) is 12.8 Å². The van der Waals surface area contributed by atoms with Crippen molar-refractivity contribution in [1.82, 2.24) is 14.4 Å². The standard InChI is InChI=1S/C17H17FN4O4S/c1-25-13-7-14(17-20-16(21-26-17)10-2-3-10)22(9-13)27(23,24)15-5-4-12(18)6-11(15)8-19/h4-6,10,13-14H,2-3,7,9H2,1H3/t13-,14+/m0/s1. The summed E-state index contributed by atoms with van der Waals surface area (Å²) in [6.45, 7) is 0.0763. The van der Waals surface area contributed by atoms with E-state index in [1.54, 1.807) is 6.07 Å². The highest BCUT2D eigenvalue weighted by atomic mass is 32.2. The average molecular weight is 392 g/mol. The van der Waals surface area contributed by atoms with Gasteiger partial charge in [0.1, 0.15) is 22.8 Å². The number of hydrogen-bond acceptors (Lipinski definition) is 7. The summed E-state index contributed by atoms with van der Waals surface area (Å²) in [6.07, 6.45) is 1.98. The number of ether oxygens (including phenoxy) is 1. The van der Waals surface area contributed by atoms with E-state index >= 15 is 0 Å². The van der Waals surface area contributed by atoms with Crippen molar-refractivity contribution in [3.05, 3.63) is 41.3 Å². The Kier molecular flexibility index (Phi) is 4.46. The lowest BCUT2D eigenvalue weighted by Gasteiger charge is -2.21. The van der Waals surface area contributed by atoms with E-state index in [0.29, 0.717) is 12.2 Å². The molecule has 0 amide bonds. The summed E-state index contributed by atoms with van der Waals surface area (Å²) in [7, 11) is -2.60. The van der Waals surface area contributed by atoms with Crippen LogP contribution in [0.15, 0.2) is 27.6 Å². The predicted molar refractivity (Wildman–Crippen MR) is 89.4 cm³/mol. The zero-order valence-corrected chi connectivity index (χ0v) is 15.3. The van der Waals surface area contributed by atoms with Gasteiger partial charge in [-0.2, -0.15) is 14.6 Å². The van der Waals surface area contributed by atoms with Crippen LogP contribution < -0.4 is 0 Å². The molecule has 142 valence electrons. The first-order chi connectivity index (χ1) is 12.9. The number of benzene rings is 1. The van der Waals surface area contributed by atoms with Crippen LogP contribution in [0.25, 0.3) is 0 Å². The number of methoxy groups -OCH3 is 1. The molecule has 0 N–H and O–H groups in total. The SMILES string of the molecule is CO[C@H]1C[C@H](c2nc(C3CC3)no2)N(S(=O)(=O)c2ccc(F)cc2C#N)C1. The molecule has 2 aromatic rings. The molecule has 1 aromatic carbocycles. The molecule has 0 bridgehead atoms. The van der Waals surface area contributed by atoms with Gasteiger partial charge < -0.3 is 9.26 Å². The van der Waals surface area contributed by atoms with Crippen LogP contribution in [0.1, 0.15) is 48.5 Å². The van der Waals surface area contributed by atoms with Gasteiger partial charge in [-0.05, 0) is 31.0 Å². The fraction of sp³-hybridized carbons (Fsp3) is 0.471. The molecule has 0 spiro atoms. The van der Waals surface area contributed by atoms with Crippen LogP contribution in [0.3, 0.4) is 0 Å². The quantitative estimate of drug-likeness (QED) is 0.766. The number of aromatic nitrogens is 2. The zero-order valence-electron chi connectivity index (χ0n) is 14.5. The van der Waals surface area contributed by atoms with Gasteiger partial charge in [0.15, 0.2) is 5.82 Å². The van der Waals surface area contributed by atoms with Gasteiger partial charge in [0, 0.05) is 26.0 Å². The van der Waals surface area contributed by atoms with Gasteiger partial charge >= 0.3 is 0 Å². The molecule has 1 saturated carbocycles. The Hall–Kier alpha value is -2.35. The summed E-state index contributed by atoms with van der Waals surface area (Å²) in [5, 5.41) is 13.2. The minimum absolute atomic E-state index is 0.0763. The van der Waals surface area contributed by atoms with Crippen molar-refractivity contribution in [2.45, 2.75) is 42.2 Å². The number of rotatable bonds is 5. The maximum atomic E-state index is 13.4. The Bertz CT molecular complexity index is 1010. The molecule has 0 radical (unpaired) electrons.